The molecule has 0 unspecified atom stereocenters. The summed E-state index contributed by atoms with van der Waals surface area (Å²) < 4.78 is 13.2. The quantitative estimate of drug-likeness (QED) is 0.587. The second-order valence-corrected chi connectivity index (χ2v) is 8.05. The van der Waals surface area contributed by atoms with E-state index in [4.69, 9.17) is 9.47 Å². The van der Waals surface area contributed by atoms with Crippen LogP contribution in [-0.4, -0.2) is 45.1 Å². The zero-order valence-electron chi connectivity index (χ0n) is 16.2. The third-order valence-electron chi connectivity index (χ3n) is 5.24. The van der Waals surface area contributed by atoms with E-state index in [-0.39, 0.29) is 25.1 Å². The largest absolute Gasteiger partial charge is 0.476 e. The molecule has 5 rings (SSSR count). The number of anilines is 1. The summed E-state index contributed by atoms with van der Waals surface area (Å²) in [4.78, 5) is 26.2. The molecule has 0 saturated heterocycles. The standard InChI is InChI=1S/C21H17BrN4O5/c22-12-1-4-14(5-2-12)26-16-7-8-25(10-15(16)19(24-26)20(27)28)21(29)23-13-3-6-17-18(9-13)31-11-30-17/h1-6,9H,7-8,10-11H2,(H,23,29)(H,27,28). The van der Waals surface area contributed by atoms with Crippen molar-refractivity contribution in [2.24, 2.45) is 0 Å². The van der Waals surface area contributed by atoms with Gasteiger partial charge in [0.05, 0.1) is 17.9 Å². The highest BCUT2D eigenvalue weighted by atomic mass is 79.9. The highest BCUT2D eigenvalue weighted by molar-refractivity contribution is 9.10. The van der Waals surface area contributed by atoms with Gasteiger partial charge in [-0.1, -0.05) is 15.9 Å². The van der Waals surface area contributed by atoms with Crippen molar-refractivity contribution in [1.29, 1.82) is 0 Å². The number of urea groups is 1. The molecule has 0 spiro atoms. The van der Waals surface area contributed by atoms with Crippen molar-refractivity contribution in [2.45, 2.75) is 13.0 Å². The van der Waals surface area contributed by atoms with Crippen LogP contribution in [0.2, 0.25) is 0 Å². The molecular weight excluding hydrogens is 468 g/mol. The predicted octanol–water partition coefficient (Wildman–Crippen LogP) is 3.65. The van der Waals surface area contributed by atoms with Crippen LogP contribution >= 0.6 is 15.9 Å². The first-order valence-electron chi connectivity index (χ1n) is 9.55. The predicted molar refractivity (Wildman–Crippen MR) is 114 cm³/mol. The molecule has 31 heavy (non-hydrogen) atoms. The van der Waals surface area contributed by atoms with Crippen LogP contribution in [0, 0.1) is 0 Å². The fourth-order valence-electron chi connectivity index (χ4n) is 3.74. The van der Waals surface area contributed by atoms with Gasteiger partial charge < -0.3 is 24.8 Å². The van der Waals surface area contributed by atoms with Gasteiger partial charge in [-0.2, -0.15) is 5.10 Å². The highest BCUT2D eigenvalue weighted by Gasteiger charge is 2.30. The van der Waals surface area contributed by atoms with Gasteiger partial charge in [-0.3, -0.25) is 0 Å². The van der Waals surface area contributed by atoms with E-state index in [0.717, 1.165) is 15.9 Å². The number of fused-ring (bicyclic) bond motifs is 2. The fraction of sp³-hybridized carbons (Fsp3) is 0.190. The zero-order valence-corrected chi connectivity index (χ0v) is 17.8. The van der Waals surface area contributed by atoms with Crippen LogP contribution in [0.4, 0.5) is 10.5 Å². The summed E-state index contributed by atoms with van der Waals surface area (Å²) in [5.41, 5.74) is 2.64. The lowest BCUT2D eigenvalue weighted by Crippen LogP contribution is -2.39. The van der Waals surface area contributed by atoms with Crippen LogP contribution < -0.4 is 14.8 Å². The summed E-state index contributed by atoms with van der Waals surface area (Å²) in [6.07, 6.45) is 0.486. The molecule has 1 aromatic heterocycles. The van der Waals surface area contributed by atoms with Crippen LogP contribution in [0.3, 0.4) is 0 Å². The van der Waals surface area contributed by atoms with Gasteiger partial charge in [-0.15, -0.1) is 0 Å². The van der Waals surface area contributed by atoms with Crippen molar-refractivity contribution in [2.75, 3.05) is 18.7 Å². The minimum atomic E-state index is -1.12. The van der Waals surface area contributed by atoms with Crippen molar-refractivity contribution >= 4 is 33.6 Å². The Morgan fingerprint density at radius 1 is 1.10 bits per heavy atom. The zero-order chi connectivity index (χ0) is 21.5. The van der Waals surface area contributed by atoms with Gasteiger partial charge in [0.15, 0.2) is 17.2 Å². The first kappa shape index (κ1) is 19.4. The van der Waals surface area contributed by atoms with Crippen molar-refractivity contribution in [3.05, 3.63) is 63.9 Å². The summed E-state index contributed by atoms with van der Waals surface area (Å²) in [5, 5.41) is 16.8. The minimum Gasteiger partial charge on any atom is -0.476 e. The number of benzene rings is 2. The maximum absolute atomic E-state index is 12.8. The Labute approximate surface area is 185 Å². The molecule has 2 amide bonds. The van der Waals surface area contributed by atoms with Crippen LogP contribution in [0.1, 0.15) is 21.7 Å². The number of aromatic nitrogens is 2. The number of rotatable bonds is 3. The summed E-state index contributed by atoms with van der Waals surface area (Å²) in [7, 11) is 0. The number of amides is 2. The molecular formula is C21H17BrN4O5. The second-order valence-electron chi connectivity index (χ2n) is 7.14. The number of carbonyl (C=O) groups excluding carboxylic acids is 1. The molecule has 9 nitrogen and oxygen atoms in total. The second kappa shape index (κ2) is 7.62. The van der Waals surface area contributed by atoms with Crippen LogP contribution in [-0.2, 0) is 13.0 Å². The van der Waals surface area contributed by atoms with Gasteiger partial charge >= 0.3 is 12.0 Å². The number of carboxylic acids is 1. The topological polar surface area (TPSA) is 106 Å². The van der Waals surface area contributed by atoms with Gasteiger partial charge in [0.25, 0.3) is 0 Å². The monoisotopic (exact) mass is 484 g/mol. The Balaban J connectivity index is 1.40. The number of carboxylic acid groups (broad SMARTS) is 1. The SMILES string of the molecule is O=C(O)c1nn(-c2ccc(Br)cc2)c2c1CN(C(=O)Nc1ccc3c(c1)OCO3)CC2. The van der Waals surface area contributed by atoms with E-state index in [0.29, 0.717) is 35.7 Å². The lowest BCUT2D eigenvalue weighted by Gasteiger charge is -2.28. The molecule has 0 bridgehead atoms. The molecule has 0 saturated carbocycles. The maximum atomic E-state index is 12.8. The average molecular weight is 485 g/mol. The number of halogens is 1. The fourth-order valence-corrected chi connectivity index (χ4v) is 4.00. The molecule has 2 aliphatic rings. The molecule has 2 N–H and O–H groups in total. The van der Waals surface area contributed by atoms with Gasteiger partial charge in [-0.05, 0) is 36.4 Å². The maximum Gasteiger partial charge on any atom is 0.356 e. The van der Waals surface area contributed by atoms with Crippen molar-refractivity contribution in [1.82, 2.24) is 14.7 Å². The van der Waals surface area contributed by atoms with Crippen LogP contribution in [0.25, 0.3) is 5.69 Å². The summed E-state index contributed by atoms with van der Waals surface area (Å²) in [6.45, 7) is 0.747. The van der Waals surface area contributed by atoms with E-state index in [1.54, 1.807) is 27.8 Å². The average Bonchev–Trinajstić information content (AvgIpc) is 3.38. The van der Waals surface area contributed by atoms with Crippen molar-refractivity contribution < 1.29 is 24.2 Å². The van der Waals surface area contributed by atoms with Gasteiger partial charge in [0.1, 0.15) is 0 Å². The first-order chi connectivity index (χ1) is 15.0. The van der Waals surface area contributed by atoms with Gasteiger partial charge in [-0.25, -0.2) is 14.3 Å². The van der Waals surface area contributed by atoms with Crippen molar-refractivity contribution in [3.63, 3.8) is 0 Å². The van der Waals surface area contributed by atoms with Crippen LogP contribution in [0.5, 0.6) is 11.5 Å². The van der Waals surface area contributed by atoms with E-state index in [1.807, 2.05) is 24.3 Å². The molecule has 0 aliphatic carbocycles. The third-order valence-corrected chi connectivity index (χ3v) is 5.77. The summed E-state index contributed by atoms with van der Waals surface area (Å²) >= 11 is 3.40. The number of carbonyl (C=O) groups is 2. The number of nitrogens with one attached hydrogen (secondary N) is 1. The molecule has 0 radical (unpaired) electrons. The first-order valence-corrected chi connectivity index (χ1v) is 10.3. The lowest BCUT2D eigenvalue weighted by molar-refractivity contribution is 0.0687. The Hall–Kier alpha value is -3.53. The molecule has 2 aromatic carbocycles. The normalized spacial score (nSPS) is 14.3. The minimum absolute atomic E-state index is 0.0431. The Morgan fingerprint density at radius 3 is 2.65 bits per heavy atom. The van der Waals surface area contributed by atoms with E-state index >= 15 is 0 Å². The molecule has 0 fully saturated rings. The van der Waals surface area contributed by atoms with Crippen molar-refractivity contribution in [3.8, 4) is 17.2 Å². The molecule has 10 heteroatoms. The number of hydrogen-bond acceptors (Lipinski definition) is 5. The molecule has 2 aliphatic heterocycles. The Morgan fingerprint density at radius 2 is 1.87 bits per heavy atom. The number of aromatic carboxylic acids is 1. The Kier molecular flexibility index (Phi) is 4.78. The molecule has 158 valence electrons. The van der Waals surface area contributed by atoms with Crippen LogP contribution in [0.15, 0.2) is 46.9 Å². The Bertz CT molecular complexity index is 1190. The van der Waals surface area contributed by atoms with Gasteiger partial charge in [0, 0.05) is 34.8 Å². The van der Waals surface area contributed by atoms with Gasteiger partial charge in [0.2, 0.25) is 6.79 Å². The molecule has 0 atom stereocenters. The summed E-state index contributed by atoms with van der Waals surface area (Å²) in [6, 6.07) is 12.3. The number of nitrogens with zero attached hydrogens (tertiary/aromatic N) is 3. The van der Waals surface area contributed by atoms with E-state index in [2.05, 4.69) is 26.3 Å². The summed E-state index contributed by atoms with van der Waals surface area (Å²) in [5.74, 6) is 0.0832. The molecule has 3 heterocycles. The third kappa shape index (κ3) is 3.59. The smallest absolute Gasteiger partial charge is 0.356 e. The van der Waals surface area contributed by atoms with E-state index < -0.39 is 5.97 Å². The number of hydrogen-bond donors (Lipinski definition) is 2. The number of ether oxygens (including phenoxy) is 2. The molecule has 3 aromatic rings. The lowest BCUT2D eigenvalue weighted by atomic mass is 10.1. The highest BCUT2D eigenvalue weighted by Crippen LogP contribution is 2.34. The van der Waals surface area contributed by atoms with E-state index in [9.17, 15) is 14.7 Å². The van der Waals surface area contributed by atoms with E-state index in [1.165, 1.54) is 0 Å².